The molecule has 21 heavy (non-hydrogen) atoms. The fourth-order valence-corrected chi connectivity index (χ4v) is 5.60. The highest BCUT2D eigenvalue weighted by Crippen LogP contribution is 2.38. The summed E-state index contributed by atoms with van der Waals surface area (Å²) in [5.41, 5.74) is 0.243. The van der Waals surface area contributed by atoms with Gasteiger partial charge in [-0.3, -0.25) is 9.59 Å². The van der Waals surface area contributed by atoms with Crippen molar-refractivity contribution in [2.24, 2.45) is 0 Å². The van der Waals surface area contributed by atoms with Crippen LogP contribution in [0.25, 0.3) is 0 Å². The lowest BCUT2D eigenvalue weighted by atomic mass is 10.5. The summed E-state index contributed by atoms with van der Waals surface area (Å²) in [7, 11) is -3.81. The molecular formula is C12H12N2O4S3. The summed E-state index contributed by atoms with van der Waals surface area (Å²) in [5, 5.41) is 8.43. The number of hydrogen-bond donors (Lipinski definition) is 2. The maximum absolute atomic E-state index is 12.7. The molecule has 6 nitrogen and oxygen atoms in total. The Labute approximate surface area is 129 Å². The van der Waals surface area contributed by atoms with E-state index in [1.54, 1.807) is 10.8 Å². The highest BCUT2D eigenvalue weighted by Gasteiger charge is 2.27. The third-order valence-corrected chi connectivity index (χ3v) is 6.63. The Morgan fingerprint density at radius 2 is 1.62 bits per heavy atom. The molecule has 0 aromatic carbocycles. The zero-order chi connectivity index (χ0) is 15.6. The largest absolute Gasteiger partial charge is 0.324 e. The zero-order valence-electron chi connectivity index (χ0n) is 11.2. The van der Waals surface area contributed by atoms with E-state index in [-0.39, 0.29) is 31.6 Å². The van der Waals surface area contributed by atoms with Crippen LogP contribution in [-0.4, -0.2) is 20.2 Å². The highest BCUT2D eigenvalue weighted by molar-refractivity contribution is 7.94. The average Bonchev–Trinajstić information content (AvgIpc) is 2.96. The summed E-state index contributed by atoms with van der Waals surface area (Å²) in [4.78, 5) is 22.3. The number of rotatable bonds is 4. The van der Waals surface area contributed by atoms with Gasteiger partial charge in [0.05, 0.1) is 5.69 Å². The lowest BCUT2D eigenvalue weighted by Crippen LogP contribution is -2.11. The van der Waals surface area contributed by atoms with Gasteiger partial charge in [-0.05, 0) is 22.9 Å². The Bertz CT molecular complexity index is 729. The van der Waals surface area contributed by atoms with Crippen molar-refractivity contribution in [3.05, 3.63) is 22.9 Å². The van der Waals surface area contributed by atoms with Crippen LogP contribution in [0.2, 0.25) is 0 Å². The number of carbonyl (C=O) groups excluding carboxylic acids is 2. The molecule has 2 rings (SSSR count). The van der Waals surface area contributed by atoms with Gasteiger partial charge in [0.25, 0.3) is 0 Å². The van der Waals surface area contributed by atoms with Crippen LogP contribution in [0, 0.1) is 0 Å². The first-order chi connectivity index (χ1) is 9.82. The number of hydrogen-bond acceptors (Lipinski definition) is 6. The van der Waals surface area contributed by atoms with E-state index >= 15 is 0 Å². The molecule has 0 bridgehead atoms. The second-order valence-electron chi connectivity index (χ2n) is 4.10. The molecule has 112 valence electrons. The van der Waals surface area contributed by atoms with Gasteiger partial charge in [-0.25, -0.2) is 8.42 Å². The Kier molecular flexibility index (Phi) is 4.45. The van der Waals surface area contributed by atoms with Crippen molar-refractivity contribution in [3.63, 3.8) is 0 Å². The zero-order valence-corrected chi connectivity index (χ0v) is 13.6. The molecule has 2 amide bonds. The lowest BCUT2D eigenvalue weighted by molar-refractivity contribution is -0.115. The minimum absolute atomic E-state index is 0.0248. The van der Waals surface area contributed by atoms with Crippen molar-refractivity contribution in [1.82, 2.24) is 0 Å². The Morgan fingerprint density at radius 1 is 1.00 bits per heavy atom. The Hall–Kier alpha value is -1.71. The minimum Gasteiger partial charge on any atom is -0.324 e. The van der Waals surface area contributed by atoms with Crippen LogP contribution in [-0.2, 0) is 19.4 Å². The lowest BCUT2D eigenvalue weighted by Gasteiger charge is -2.07. The van der Waals surface area contributed by atoms with Crippen molar-refractivity contribution in [2.75, 3.05) is 10.6 Å². The number of anilines is 2. The maximum atomic E-state index is 12.7. The molecular weight excluding hydrogens is 332 g/mol. The smallest absolute Gasteiger partial charge is 0.221 e. The summed E-state index contributed by atoms with van der Waals surface area (Å²) < 4.78 is 25.4. The van der Waals surface area contributed by atoms with Gasteiger partial charge in [-0.1, -0.05) is 0 Å². The van der Waals surface area contributed by atoms with E-state index in [0.717, 1.165) is 22.7 Å². The third kappa shape index (κ3) is 3.31. The predicted molar refractivity (Wildman–Crippen MR) is 82.7 cm³/mol. The van der Waals surface area contributed by atoms with Crippen molar-refractivity contribution >= 4 is 55.0 Å². The molecule has 0 radical (unpaired) electrons. The molecule has 0 aliphatic heterocycles. The number of sulfone groups is 1. The summed E-state index contributed by atoms with van der Waals surface area (Å²) in [5.74, 6) is -0.695. The van der Waals surface area contributed by atoms with Gasteiger partial charge < -0.3 is 10.6 Å². The highest BCUT2D eigenvalue weighted by atomic mass is 32.2. The molecule has 0 saturated carbocycles. The van der Waals surface area contributed by atoms with Gasteiger partial charge in [-0.15, -0.1) is 22.7 Å². The van der Waals surface area contributed by atoms with Crippen molar-refractivity contribution in [1.29, 1.82) is 0 Å². The van der Waals surface area contributed by atoms with Gasteiger partial charge in [0.15, 0.2) is 0 Å². The Morgan fingerprint density at radius 3 is 2.24 bits per heavy atom. The second kappa shape index (κ2) is 5.96. The molecule has 0 unspecified atom stereocenters. The van der Waals surface area contributed by atoms with Crippen molar-refractivity contribution in [3.8, 4) is 0 Å². The third-order valence-electron chi connectivity index (χ3n) is 2.39. The summed E-state index contributed by atoms with van der Waals surface area (Å²) >= 11 is 2.14. The van der Waals surface area contributed by atoms with Crippen LogP contribution in [0.4, 0.5) is 10.7 Å². The van der Waals surface area contributed by atoms with Gasteiger partial charge in [-0.2, -0.15) is 0 Å². The molecule has 0 spiro atoms. The molecule has 2 aromatic heterocycles. The molecule has 9 heteroatoms. The summed E-state index contributed by atoms with van der Waals surface area (Å²) in [6, 6.07) is 2.96. The van der Waals surface area contributed by atoms with Crippen LogP contribution in [0.1, 0.15) is 13.8 Å². The SMILES string of the molecule is CC(=O)Nc1ccsc1S(=O)(=O)c1ccsc1NC(C)=O. The van der Waals surface area contributed by atoms with Crippen molar-refractivity contribution in [2.45, 2.75) is 23.0 Å². The summed E-state index contributed by atoms with van der Waals surface area (Å²) in [6.45, 7) is 2.62. The molecule has 0 saturated heterocycles. The number of amides is 2. The number of carbonyl (C=O) groups is 2. The van der Waals surface area contributed by atoms with Crippen LogP contribution >= 0.6 is 22.7 Å². The van der Waals surface area contributed by atoms with E-state index in [1.807, 2.05) is 0 Å². The fourth-order valence-electron chi connectivity index (χ4n) is 1.65. The van der Waals surface area contributed by atoms with Crippen LogP contribution in [0.15, 0.2) is 32.0 Å². The van der Waals surface area contributed by atoms with Gasteiger partial charge >= 0.3 is 0 Å². The first kappa shape index (κ1) is 15.7. The topological polar surface area (TPSA) is 92.3 Å². The molecule has 0 aliphatic carbocycles. The van der Waals surface area contributed by atoms with Gasteiger partial charge in [0, 0.05) is 13.8 Å². The number of thiophene rings is 2. The van der Waals surface area contributed by atoms with Gasteiger partial charge in [0.2, 0.25) is 21.7 Å². The molecule has 0 aliphatic rings. The first-order valence-corrected chi connectivity index (χ1v) is 9.02. The van der Waals surface area contributed by atoms with Gasteiger partial charge in [0.1, 0.15) is 14.1 Å². The average molecular weight is 344 g/mol. The van der Waals surface area contributed by atoms with E-state index in [4.69, 9.17) is 0 Å². The minimum atomic E-state index is -3.81. The molecule has 2 N–H and O–H groups in total. The van der Waals surface area contributed by atoms with Crippen LogP contribution in [0.3, 0.4) is 0 Å². The predicted octanol–water partition coefficient (Wildman–Crippen LogP) is 2.56. The fraction of sp³-hybridized carbons (Fsp3) is 0.167. The second-order valence-corrected chi connectivity index (χ2v) is 8.05. The van der Waals surface area contributed by atoms with Crippen molar-refractivity contribution < 1.29 is 18.0 Å². The van der Waals surface area contributed by atoms with E-state index in [1.165, 1.54) is 26.0 Å². The van der Waals surface area contributed by atoms with Crippen LogP contribution < -0.4 is 10.6 Å². The Balaban J connectivity index is 2.48. The number of nitrogens with one attached hydrogen (secondary N) is 2. The van der Waals surface area contributed by atoms with Crippen LogP contribution in [0.5, 0.6) is 0 Å². The first-order valence-electron chi connectivity index (χ1n) is 5.77. The van der Waals surface area contributed by atoms with E-state index in [2.05, 4.69) is 10.6 Å². The summed E-state index contributed by atoms with van der Waals surface area (Å²) in [6.07, 6.45) is 0. The molecule has 2 heterocycles. The quantitative estimate of drug-likeness (QED) is 0.891. The maximum Gasteiger partial charge on any atom is 0.221 e. The molecule has 0 fully saturated rings. The monoisotopic (exact) mass is 344 g/mol. The molecule has 0 atom stereocenters. The normalized spacial score (nSPS) is 11.1. The van der Waals surface area contributed by atoms with E-state index in [0.29, 0.717) is 0 Å². The molecule has 2 aromatic rings. The van der Waals surface area contributed by atoms with E-state index < -0.39 is 9.84 Å². The van der Waals surface area contributed by atoms with E-state index in [9.17, 15) is 18.0 Å². The standard InChI is InChI=1S/C12H12N2O4S3/c1-7(15)13-9-3-5-20-12(9)21(17,18)10-4-6-19-11(10)14-8(2)16/h3-6H,1-2H3,(H,13,15)(H,14,16).